The molecule has 0 atom stereocenters. The minimum Gasteiger partial charge on any atom is -0.506 e. The highest BCUT2D eigenvalue weighted by Gasteiger charge is 2.06. The average Bonchev–Trinajstić information content (AvgIpc) is 2.33. The number of halogens is 2. The predicted molar refractivity (Wildman–Crippen MR) is 81.3 cm³/mol. The highest BCUT2D eigenvalue weighted by Crippen LogP contribution is 2.31. The Morgan fingerprint density at radius 3 is 2.63 bits per heavy atom. The zero-order chi connectivity index (χ0) is 14.3. The molecule has 0 bridgehead atoms. The third-order valence-corrected chi connectivity index (χ3v) is 3.73. The minimum atomic E-state index is -0.739. The second-order valence-electron chi connectivity index (χ2n) is 4.28. The molecule has 0 saturated heterocycles. The van der Waals surface area contributed by atoms with Gasteiger partial charge in [-0.2, -0.15) is 0 Å². The molecule has 1 rings (SSSR count). The molecule has 1 aromatic rings. The molecule has 0 amide bonds. The number of aliphatic carboxylic acids is 1. The Morgan fingerprint density at radius 2 is 1.95 bits per heavy atom. The SMILES string of the molecule is O=C(O)CCCCCNCc1cc(Br)cc(Br)c1O. The molecule has 0 heterocycles. The van der Waals surface area contributed by atoms with Crippen LogP contribution in [0.25, 0.3) is 0 Å². The number of nitrogens with one attached hydrogen (secondary N) is 1. The van der Waals surface area contributed by atoms with Crippen LogP contribution in [0.2, 0.25) is 0 Å². The smallest absolute Gasteiger partial charge is 0.303 e. The molecule has 1 aromatic carbocycles. The quantitative estimate of drug-likeness (QED) is 0.588. The first-order valence-corrected chi connectivity index (χ1v) is 7.68. The molecular weight excluding hydrogens is 378 g/mol. The van der Waals surface area contributed by atoms with Crippen LogP contribution in [0.4, 0.5) is 0 Å². The van der Waals surface area contributed by atoms with Crippen molar-refractivity contribution in [1.82, 2.24) is 5.32 Å². The van der Waals surface area contributed by atoms with Gasteiger partial charge in [0.1, 0.15) is 5.75 Å². The van der Waals surface area contributed by atoms with E-state index in [1.807, 2.05) is 6.07 Å². The van der Waals surface area contributed by atoms with Crippen molar-refractivity contribution in [3.05, 3.63) is 26.6 Å². The summed E-state index contributed by atoms with van der Waals surface area (Å²) in [6, 6.07) is 3.67. The maximum atomic E-state index is 10.3. The summed E-state index contributed by atoms with van der Waals surface area (Å²) in [4.78, 5) is 10.3. The molecule has 3 N–H and O–H groups in total. The normalized spacial score (nSPS) is 10.6. The molecule has 0 radical (unpaired) electrons. The lowest BCUT2D eigenvalue weighted by Gasteiger charge is -2.09. The summed E-state index contributed by atoms with van der Waals surface area (Å²) in [6.45, 7) is 1.39. The Balaban J connectivity index is 2.24. The predicted octanol–water partition coefficient (Wildman–Crippen LogP) is 3.65. The van der Waals surface area contributed by atoms with E-state index in [0.717, 1.165) is 29.4 Å². The number of carboxylic acid groups (broad SMARTS) is 1. The van der Waals surface area contributed by atoms with Crippen LogP contribution in [-0.2, 0) is 11.3 Å². The van der Waals surface area contributed by atoms with Crippen molar-refractivity contribution < 1.29 is 15.0 Å². The van der Waals surface area contributed by atoms with Crippen molar-refractivity contribution in [2.45, 2.75) is 32.2 Å². The van der Waals surface area contributed by atoms with Crippen LogP contribution in [0.15, 0.2) is 21.1 Å². The van der Waals surface area contributed by atoms with Gasteiger partial charge >= 0.3 is 5.97 Å². The van der Waals surface area contributed by atoms with Crippen molar-refractivity contribution in [1.29, 1.82) is 0 Å². The average molecular weight is 395 g/mol. The number of rotatable bonds is 8. The van der Waals surface area contributed by atoms with Gasteiger partial charge in [0.2, 0.25) is 0 Å². The molecule has 0 aliphatic rings. The largest absolute Gasteiger partial charge is 0.506 e. The van der Waals surface area contributed by atoms with E-state index in [4.69, 9.17) is 5.11 Å². The zero-order valence-electron chi connectivity index (χ0n) is 10.5. The maximum Gasteiger partial charge on any atom is 0.303 e. The third-order valence-electron chi connectivity index (χ3n) is 2.67. The first-order valence-electron chi connectivity index (χ1n) is 6.10. The van der Waals surface area contributed by atoms with E-state index >= 15 is 0 Å². The van der Waals surface area contributed by atoms with Crippen LogP contribution < -0.4 is 5.32 Å². The number of hydrogen-bond donors (Lipinski definition) is 3. The van der Waals surface area contributed by atoms with E-state index in [2.05, 4.69) is 37.2 Å². The summed E-state index contributed by atoms with van der Waals surface area (Å²) in [7, 11) is 0. The van der Waals surface area contributed by atoms with Crippen molar-refractivity contribution >= 4 is 37.8 Å². The lowest BCUT2D eigenvalue weighted by atomic mass is 10.2. The fourth-order valence-corrected chi connectivity index (χ4v) is 2.99. The Bertz CT molecular complexity index is 438. The number of aromatic hydroxyl groups is 1. The topological polar surface area (TPSA) is 69.6 Å². The molecule has 6 heteroatoms. The molecule has 19 heavy (non-hydrogen) atoms. The van der Waals surface area contributed by atoms with Gasteiger partial charge in [0.15, 0.2) is 0 Å². The summed E-state index contributed by atoms with van der Waals surface area (Å²) in [5, 5.41) is 21.6. The first kappa shape index (κ1) is 16.5. The molecule has 0 aromatic heterocycles. The first-order chi connectivity index (χ1) is 9.00. The molecule has 106 valence electrons. The fraction of sp³-hybridized carbons (Fsp3) is 0.462. The Labute approximate surface area is 129 Å². The number of unbranched alkanes of at least 4 members (excludes halogenated alkanes) is 2. The summed E-state index contributed by atoms with van der Waals surface area (Å²) in [6.07, 6.45) is 2.78. The summed E-state index contributed by atoms with van der Waals surface area (Å²) in [5.74, 6) is -0.488. The van der Waals surface area contributed by atoms with E-state index in [0.29, 0.717) is 17.4 Å². The minimum absolute atomic E-state index is 0.235. The van der Waals surface area contributed by atoms with Crippen LogP contribution in [-0.4, -0.2) is 22.7 Å². The molecule has 0 spiro atoms. The van der Waals surface area contributed by atoms with Crippen LogP contribution in [0.3, 0.4) is 0 Å². The van der Waals surface area contributed by atoms with Gasteiger partial charge in [-0.15, -0.1) is 0 Å². The van der Waals surface area contributed by atoms with Gasteiger partial charge in [-0.1, -0.05) is 22.4 Å². The van der Waals surface area contributed by atoms with Crippen molar-refractivity contribution in [3.8, 4) is 5.75 Å². The number of phenols is 1. The molecule has 0 fully saturated rings. The molecule has 4 nitrogen and oxygen atoms in total. The van der Waals surface area contributed by atoms with E-state index in [1.165, 1.54) is 0 Å². The van der Waals surface area contributed by atoms with Gasteiger partial charge in [-0.25, -0.2) is 0 Å². The van der Waals surface area contributed by atoms with Gasteiger partial charge in [-0.3, -0.25) is 4.79 Å². The Morgan fingerprint density at radius 1 is 1.21 bits per heavy atom. The maximum absolute atomic E-state index is 10.3. The van der Waals surface area contributed by atoms with E-state index in [9.17, 15) is 9.90 Å². The van der Waals surface area contributed by atoms with Crippen LogP contribution in [0, 0.1) is 0 Å². The van der Waals surface area contributed by atoms with Crippen molar-refractivity contribution in [2.75, 3.05) is 6.54 Å². The van der Waals surface area contributed by atoms with Gasteiger partial charge < -0.3 is 15.5 Å². The fourth-order valence-electron chi connectivity index (χ4n) is 1.68. The highest BCUT2D eigenvalue weighted by atomic mass is 79.9. The number of hydrogen-bond acceptors (Lipinski definition) is 3. The molecule has 0 unspecified atom stereocenters. The lowest BCUT2D eigenvalue weighted by Crippen LogP contribution is -2.15. The summed E-state index contributed by atoms with van der Waals surface area (Å²) >= 11 is 6.67. The molecule has 0 saturated carbocycles. The van der Waals surface area contributed by atoms with Crippen molar-refractivity contribution in [2.24, 2.45) is 0 Å². The number of benzene rings is 1. The Hall–Kier alpha value is -0.590. The zero-order valence-corrected chi connectivity index (χ0v) is 13.6. The second-order valence-corrected chi connectivity index (χ2v) is 6.05. The van der Waals surface area contributed by atoms with Crippen LogP contribution in [0.5, 0.6) is 5.75 Å². The summed E-state index contributed by atoms with van der Waals surface area (Å²) in [5.41, 5.74) is 0.826. The van der Waals surface area contributed by atoms with Gasteiger partial charge in [0.25, 0.3) is 0 Å². The second kappa shape index (κ2) is 8.55. The molecule has 0 aliphatic carbocycles. The molecular formula is C13H17Br2NO3. The Kier molecular flexibility index (Phi) is 7.41. The van der Waals surface area contributed by atoms with Gasteiger partial charge in [0, 0.05) is 23.0 Å². The third kappa shape index (κ3) is 6.40. The highest BCUT2D eigenvalue weighted by molar-refractivity contribution is 9.11. The number of phenolic OH excluding ortho intramolecular Hbond substituents is 1. The van der Waals surface area contributed by atoms with Gasteiger partial charge in [0.05, 0.1) is 4.47 Å². The van der Waals surface area contributed by atoms with Crippen LogP contribution in [0.1, 0.15) is 31.2 Å². The number of carboxylic acids is 1. The standard InChI is InChI=1S/C13H17Br2NO3/c14-10-6-9(13(19)11(15)7-10)8-16-5-3-1-2-4-12(17)18/h6-7,16,19H,1-5,8H2,(H,17,18). The van der Waals surface area contributed by atoms with Gasteiger partial charge in [-0.05, 0) is 47.4 Å². The van der Waals surface area contributed by atoms with E-state index in [1.54, 1.807) is 6.07 Å². The van der Waals surface area contributed by atoms with Crippen molar-refractivity contribution in [3.63, 3.8) is 0 Å². The monoisotopic (exact) mass is 393 g/mol. The summed E-state index contributed by atoms with van der Waals surface area (Å²) < 4.78 is 1.58. The lowest BCUT2D eigenvalue weighted by molar-refractivity contribution is -0.137. The van der Waals surface area contributed by atoms with E-state index in [-0.39, 0.29) is 12.2 Å². The van der Waals surface area contributed by atoms with E-state index < -0.39 is 5.97 Å². The van der Waals surface area contributed by atoms with Crippen LogP contribution >= 0.6 is 31.9 Å². The number of carbonyl (C=O) groups is 1. The molecule has 0 aliphatic heterocycles.